The number of benzene rings is 1. The Morgan fingerprint density at radius 2 is 1.92 bits per heavy atom. The average molecular weight is 504 g/mol. The molecule has 4 heterocycles. The van der Waals surface area contributed by atoms with E-state index in [4.69, 9.17) is 10.5 Å². The predicted molar refractivity (Wildman–Crippen MR) is 143 cm³/mol. The molecule has 10 heteroatoms. The van der Waals surface area contributed by atoms with Gasteiger partial charge in [0, 0.05) is 62.3 Å². The van der Waals surface area contributed by atoms with Gasteiger partial charge in [-0.25, -0.2) is 9.78 Å². The summed E-state index contributed by atoms with van der Waals surface area (Å²) in [5.41, 5.74) is 9.55. The molecule has 10 nitrogen and oxygen atoms in total. The molecule has 3 aliphatic rings. The second-order valence-electron chi connectivity index (χ2n) is 9.59. The second-order valence-corrected chi connectivity index (χ2v) is 9.59. The van der Waals surface area contributed by atoms with Crippen LogP contribution in [-0.4, -0.2) is 78.6 Å². The van der Waals surface area contributed by atoms with Crippen LogP contribution < -0.4 is 16.4 Å². The molecule has 2 fully saturated rings. The number of carbonyl (C=O) groups is 2. The Morgan fingerprint density at radius 1 is 1.16 bits per heavy atom. The summed E-state index contributed by atoms with van der Waals surface area (Å²) >= 11 is 0. The predicted octanol–water partition coefficient (Wildman–Crippen LogP) is 2.68. The minimum atomic E-state index is -0.302. The molecule has 2 unspecified atom stereocenters. The van der Waals surface area contributed by atoms with Gasteiger partial charge in [-0.2, -0.15) is 4.99 Å². The lowest BCUT2D eigenvalue weighted by Crippen LogP contribution is -2.35. The zero-order valence-electron chi connectivity index (χ0n) is 21.0. The third kappa shape index (κ3) is 5.59. The van der Waals surface area contributed by atoms with Crippen molar-refractivity contribution < 1.29 is 14.3 Å². The van der Waals surface area contributed by atoms with Gasteiger partial charge >= 0.3 is 6.09 Å². The van der Waals surface area contributed by atoms with E-state index < -0.39 is 0 Å². The average Bonchev–Trinajstić information content (AvgIpc) is 3.52. The van der Waals surface area contributed by atoms with E-state index in [1.807, 2.05) is 47.4 Å². The van der Waals surface area contributed by atoms with Crippen LogP contribution in [0.4, 0.5) is 16.3 Å². The number of likely N-dealkylation sites (tertiary alicyclic amines) is 1. The van der Waals surface area contributed by atoms with Crippen LogP contribution in [0, 0.1) is 11.8 Å². The number of nitrogens with one attached hydrogen (secondary N) is 2. The minimum Gasteiger partial charge on any atom is -0.450 e. The maximum atomic E-state index is 12.9. The largest absolute Gasteiger partial charge is 0.450 e. The van der Waals surface area contributed by atoms with Crippen molar-refractivity contribution in [2.45, 2.75) is 13.3 Å². The second kappa shape index (κ2) is 11.0. The number of ether oxygens (including phenoxy) is 1. The summed E-state index contributed by atoms with van der Waals surface area (Å²) in [4.78, 5) is 37.5. The number of aliphatic imine (C=N–C) groups is 1. The lowest BCUT2D eigenvalue weighted by Gasteiger charge is -2.26. The van der Waals surface area contributed by atoms with Crippen molar-refractivity contribution in [3.05, 3.63) is 59.8 Å². The number of guanidine groups is 1. The van der Waals surface area contributed by atoms with E-state index in [2.05, 4.69) is 20.6 Å². The molecule has 5 rings (SSSR count). The number of fused-ring (bicyclic) bond motifs is 1. The van der Waals surface area contributed by atoms with Gasteiger partial charge in [0.1, 0.15) is 0 Å². The van der Waals surface area contributed by atoms with Crippen LogP contribution in [0.1, 0.15) is 29.3 Å². The monoisotopic (exact) mass is 503 g/mol. The topological polar surface area (TPSA) is 125 Å². The van der Waals surface area contributed by atoms with Gasteiger partial charge in [-0.15, -0.1) is 0 Å². The molecule has 2 atom stereocenters. The third-order valence-electron chi connectivity index (χ3n) is 7.18. The van der Waals surface area contributed by atoms with Crippen LogP contribution in [0.25, 0.3) is 5.57 Å². The number of aromatic nitrogens is 1. The van der Waals surface area contributed by atoms with Crippen LogP contribution in [-0.2, 0) is 4.74 Å². The summed E-state index contributed by atoms with van der Waals surface area (Å²) in [7, 11) is 0. The first-order valence-corrected chi connectivity index (χ1v) is 12.8. The Bertz CT molecular complexity index is 1200. The Hall–Kier alpha value is -3.92. The molecule has 0 spiro atoms. The van der Waals surface area contributed by atoms with Gasteiger partial charge in [-0.05, 0) is 67.2 Å². The molecule has 2 amide bonds. The first-order valence-electron chi connectivity index (χ1n) is 12.8. The van der Waals surface area contributed by atoms with Gasteiger partial charge in [-0.3, -0.25) is 4.79 Å². The van der Waals surface area contributed by atoms with E-state index in [0.717, 1.165) is 43.0 Å². The maximum Gasteiger partial charge on any atom is 0.410 e. The van der Waals surface area contributed by atoms with Crippen molar-refractivity contribution in [1.82, 2.24) is 20.1 Å². The molecular formula is C27H33N7O3. The molecule has 2 aromatic rings. The van der Waals surface area contributed by atoms with E-state index in [1.165, 1.54) is 0 Å². The van der Waals surface area contributed by atoms with Crippen LogP contribution in [0.3, 0.4) is 0 Å². The van der Waals surface area contributed by atoms with Gasteiger partial charge in [0.25, 0.3) is 5.91 Å². The molecule has 37 heavy (non-hydrogen) atoms. The molecule has 1 aromatic heterocycles. The standard InChI is InChI=1S/C27H33N7O3/c1-2-37-27(36)33-12-9-18(10-13-33)23-4-3-11-30-24(23)32-26(28)31-22-7-5-19(6-8-22)25(35)34-16-20-14-29-15-21(20)17-34/h3-9,11,20-21,29H,2,10,12-17H2,1H3,(H3,28,30,31,32). The Labute approximate surface area is 216 Å². The number of rotatable bonds is 5. The summed E-state index contributed by atoms with van der Waals surface area (Å²) in [6, 6.07) is 11.1. The number of carbonyl (C=O) groups excluding carboxylic acids is 2. The van der Waals surface area contributed by atoms with Gasteiger partial charge in [0.2, 0.25) is 0 Å². The molecule has 0 aliphatic carbocycles. The Balaban J connectivity index is 1.23. The lowest BCUT2D eigenvalue weighted by molar-refractivity contribution is 0.0781. The lowest BCUT2D eigenvalue weighted by atomic mass is 10.0. The van der Waals surface area contributed by atoms with Crippen LogP contribution >= 0.6 is 0 Å². The van der Waals surface area contributed by atoms with E-state index in [1.54, 1.807) is 18.0 Å². The summed E-state index contributed by atoms with van der Waals surface area (Å²) < 4.78 is 5.09. The van der Waals surface area contributed by atoms with Gasteiger partial charge in [0.05, 0.1) is 6.61 Å². The first kappa shape index (κ1) is 24.8. The molecular weight excluding hydrogens is 470 g/mol. The number of nitrogens with zero attached hydrogens (tertiary/aromatic N) is 4. The van der Waals surface area contributed by atoms with Crippen LogP contribution in [0.5, 0.6) is 0 Å². The highest BCUT2D eigenvalue weighted by molar-refractivity contribution is 5.97. The van der Waals surface area contributed by atoms with E-state index >= 15 is 0 Å². The van der Waals surface area contributed by atoms with Crippen LogP contribution in [0.2, 0.25) is 0 Å². The summed E-state index contributed by atoms with van der Waals surface area (Å²) in [6.07, 6.45) is 4.04. The number of hydrogen-bond acceptors (Lipinski definition) is 6. The fraction of sp³-hybridized carbons (Fsp3) is 0.407. The molecule has 1 aromatic carbocycles. The first-order chi connectivity index (χ1) is 18.0. The van der Waals surface area contributed by atoms with Crippen molar-refractivity contribution in [3.8, 4) is 0 Å². The molecule has 2 saturated heterocycles. The minimum absolute atomic E-state index is 0.0722. The van der Waals surface area contributed by atoms with Gasteiger partial charge < -0.3 is 30.9 Å². The molecule has 0 saturated carbocycles. The molecule has 3 aliphatic heterocycles. The zero-order valence-corrected chi connectivity index (χ0v) is 21.0. The van der Waals surface area contributed by atoms with Crippen molar-refractivity contribution >= 4 is 35.0 Å². The number of hydrogen-bond donors (Lipinski definition) is 3. The molecule has 194 valence electrons. The van der Waals surface area contributed by atoms with Crippen molar-refractivity contribution in [3.63, 3.8) is 0 Å². The van der Waals surface area contributed by atoms with E-state index in [0.29, 0.717) is 49.3 Å². The van der Waals surface area contributed by atoms with E-state index in [9.17, 15) is 9.59 Å². The van der Waals surface area contributed by atoms with Gasteiger partial charge in [0.15, 0.2) is 11.8 Å². The summed E-state index contributed by atoms with van der Waals surface area (Å²) in [5, 5.41) is 6.49. The molecule has 0 bridgehead atoms. The Morgan fingerprint density at radius 3 is 2.59 bits per heavy atom. The number of anilines is 1. The van der Waals surface area contributed by atoms with Crippen molar-refractivity contribution in [2.75, 3.05) is 51.2 Å². The fourth-order valence-electron chi connectivity index (χ4n) is 5.22. The number of amides is 2. The van der Waals surface area contributed by atoms with Crippen molar-refractivity contribution in [2.24, 2.45) is 22.6 Å². The van der Waals surface area contributed by atoms with E-state index in [-0.39, 0.29) is 18.0 Å². The highest BCUT2D eigenvalue weighted by Crippen LogP contribution is 2.30. The highest BCUT2D eigenvalue weighted by atomic mass is 16.6. The molecule has 4 N–H and O–H groups in total. The summed E-state index contributed by atoms with van der Waals surface area (Å²) in [6.45, 7) is 6.83. The van der Waals surface area contributed by atoms with Crippen LogP contribution in [0.15, 0.2) is 53.7 Å². The third-order valence-corrected chi connectivity index (χ3v) is 7.18. The normalized spacial score (nSPS) is 21.4. The maximum absolute atomic E-state index is 12.9. The Kier molecular flexibility index (Phi) is 7.36. The number of pyridine rings is 1. The number of nitrogens with two attached hydrogens (primary N) is 1. The quantitative estimate of drug-likeness (QED) is 0.423. The fourth-order valence-corrected chi connectivity index (χ4v) is 5.22. The smallest absolute Gasteiger partial charge is 0.410 e. The zero-order chi connectivity index (χ0) is 25.8. The molecule has 0 radical (unpaired) electrons. The van der Waals surface area contributed by atoms with Gasteiger partial charge in [-0.1, -0.05) is 6.08 Å². The summed E-state index contributed by atoms with van der Waals surface area (Å²) in [5.74, 6) is 1.91. The SMILES string of the molecule is CCOC(=O)N1CC=C(c2cccnc2N=C(N)Nc2ccc(C(=O)N3CC4CNCC4C3)cc2)CC1. The van der Waals surface area contributed by atoms with Crippen molar-refractivity contribution in [1.29, 1.82) is 0 Å². The highest BCUT2D eigenvalue weighted by Gasteiger charge is 2.38.